The molecule has 0 saturated carbocycles. The Morgan fingerprint density at radius 2 is 1.84 bits per heavy atom. The normalized spacial score (nSPS) is 18.0. The van der Waals surface area contributed by atoms with Crippen molar-refractivity contribution < 1.29 is 4.74 Å². The summed E-state index contributed by atoms with van der Waals surface area (Å²) in [5.41, 5.74) is 5.67. The number of benzene rings is 2. The predicted molar refractivity (Wildman–Crippen MR) is 109 cm³/mol. The van der Waals surface area contributed by atoms with Crippen molar-refractivity contribution in [1.82, 2.24) is 5.32 Å². The van der Waals surface area contributed by atoms with Crippen molar-refractivity contribution in [2.45, 2.75) is 52.7 Å². The molecule has 0 unspecified atom stereocenters. The van der Waals surface area contributed by atoms with E-state index in [1.54, 1.807) is 0 Å². The van der Waals surface area contributed by atoms with Gasteiger partial charge in [-0.25, -0.2) is 0 Å². The average molecular weight is 355 g/mol. The number of thiocarbonyl (C=S) groups is 1. The molecule has 0 radical (unpaired) electrons. The molecule has 0 aliphatic carbocycles. The second-order valence-corrected chi connectivity index (χ2v) is 7.97. The Labute approximate surface area is 155 Å². The van der Waals surface area contributed by atoms with Crippen LogP contribution in [0.5, 0.6) is 5.75 Å². The molecule has 0 fully saturated rings. The lowest BCUT2D eigenvalue weighted by molar-refractivity contribution is 0.0696. The van der Waals surface area contributed by atoms with Crippen molar-refractivity contribution in [2.75, 3.05) is 5.32 Å². The zero-order valence-electron chi connectivity index (χ0n) is 15.6. The standard InChI is InChI=1S/C21H26N2OS/c1-13-6-9-17-18(12-21(4,5)24-19(17)10-13)23-20(25)22-16-8-7-14(2)15(3)11-16/h6-11,18H,12H2,1-5H3,(H2,22,23,25)/t18-/m1/s1. The molecule has 4 heteroatoms. The van der Waals surface area contributed by atoms with Gasteiger partial charge >= 0.3 is 0 Å². The van der Waals surface area contributed by atoms with E-state index in [1.165, 1.54) is 16.7 Å². The van der Waals surface area contributed by atoms with E-state index in [2.05, 4.69) is 81.7 Å². The third-order valence-electron chi connectivity index (χ3n) is 4.70. The second-order valence-electron chi connectivity index (χ2n) is 7.56. The fourth-order valence-corrected chi connectivity index (χ4v) is 3.49. The first-order valence-electron chi connectivity index (χ1n) is 8.68. The van der Waals surface area contributed by atoms with Crippen LogP contribution in [0.25, 0.3) is 0 Å². The van der Waals surface area contributed by atoms with Gasteiger partial charge in [-0.2, -0.15) is 0 Å². The molecule has 2 aromatic carbocycles. The summed E-state index contributed by atoms with van der Waals surface area (Å²) in [5.74, 6) is 0.947. The third kappa shape index (κ3) is 4.13. The number of fused-ring (bicyclic) bond motifs is 1. The highest BCUT2D eigenvalue weighted by Gasteiger charge is 2.34. The molecule has 0 aromatic heterocycles. The summed E-state index contributed by atoms with van der Waals surface area (Å²) in [6.45, 7) is 10.5. The van der Waals surface area contributed by atoms with Crippen LogP contribution in [0.15, 0.2) is 36.4 Å². The van der Waals surface area contributed by atoms with E-state index in [4.69, 9.17) is 17.0 Å². The van der Waals surface area contributed by atoms with E-state index < -0.39 is 0 Å². The van der Waals surface area contributed by atoms with Gasteiger partial charge in [0.05, 0.1) is 6.04 Å². The van der Waals surface area contributed by atoms with Gasteiger partial charge in [0, 0.05) is 17.7 Å². The Morgan fingerprint density at radius 1 is 1.08 bits per heavy atom. The molecule has 2 aromatic rings. The summed E-state index contributed by atoms with van der Waals surface area (Å²) < 4.78 is 6.16. The van der Waals surface area contributed by atoms with Crippen LogP contribution in [-0.2, 0) is 0 Å². The molecule has 0 spiro atoms. The van der Waals surface area contributed by atoms with Gasteiger partial charge in [0.25, 0.3) is 0 Å². The van der Waals surface area contributed by atoms with Crippen LogP contribution < -0.4 is 15.4 Å². The van der Waals surface area contributed by atoms with Gasteiger partial charge in [-0.05, 0) is 81.7 Å². The smallest absolute Gasteiger partial charge is 0.171 e. The maximum Gasteiger partial charge on any atom is 0.171 e. The van der Waals surface area contributed by atoms with E-state index in [0.29, 0.717) is 5.11 Å². The highest BCUT2D eigenvalue weighted by Crippen LogP contribution is 2.39. The second kappa shape index (κ2) is 6.68. The third-order valence-corrected chi connectivity index (χ3v) is 4.92. The van der Waals surface area contributed by atoms with Crippen molar-refractivity contribution in [2.24, 2.45) is 0 Å². The van der Waals surface area contributed by atoms with E-state index in [0.717, 1.165) is 23.4 Å². The van der Waals surface area contributed by atoms with Crippen molar-refractivity contribution in [3.63, 3.8) is 0 Å². The maximum absolute atomic E-state index is 6.16. The van der Waals surface area contributed by atoms with Crippen molar-refractivity contribution in [1.29, 1.82) is 0 Å². The first kappa shape index (κ1) is 17.7. The molecule has 3 rings (SSSR count). The highest BCUT2D eigenvalue weighted by molar-refractivity contribution is 7.80. The van der Waals surface area contributed by atoms with Crippen LogP contribution in [0.3, 0.4) is 0 Å². The highest BCUT2D eigenvalue weighted by atomic mass is 32.1. The molecule has 0 amide bonds. The minimum Gasteiger partial charge on any atom is -0.487 e. The molecule has 2 N–H and O–H groups in total. The minimum absolute atomic E-state index is 0.130. The van der Waals surface area contributed by atoms with Crippen molar-refractivity contribution in [3.05, 3.63) is 58.7 Å². The molecule has 1 aliphatic rings. The fraction of sp³-hybridized carbons (Fsp3) is 0.381. The lowest BCUT2D eigenvalue weighted by Crippen LogP contribution is -2.42. The number of nitrogens with one attached hydrogen (secondary N) is 2. The lowest BCUT2D eigenvalue weighted by Gasteiger charge is -2.38. The number of anilines is 1. The SMILES string of the molecule is Cc1ccc2c(c1)OC(C)(C)C[C@H]2NC(=S)Nc1ccc(C)c(C)c1. The summed E-state index contributed by atoms with van der Waals surface area (Å²) >= 11 is 5.56. The van der Waals surface area contributed by atoms with Crippen LogP contribution in [0.1, 0.15) is 48.6 Å². The molecule has 1 heterocycles. The molecule has 0 saturated heterocycles. The molecular weight excluding hydrogens is 328 g/mol. The molecular formula is C21H26N2OS. The van der Waals surface area contributed by atoms with E-state index in [1.807, 2.05) is 0 Å². The van der Waals surface area contributed by atoms with Crippen molar-refractivity contribution in [3.8, 4) is 5.75 Å². The molecule has 1 atom stereocenters. The lowest BCUT2D eigenvalue weighted by atomic mass is 9.89. The van der Waals surface area contributed by atoms with E-state index in [9.17, 15) is 0 Å². The summed E-state index contributed by atoms with van der Waals surface area (Å²) in [7, 11) is 0. The Balaban J connectivity index is 1.77. The average Bonchev–Trinajstić information content (AvgIpc) is 2.49. The quantitative estimate of drug-likeness (QED) is 0.726. The topological polar surface area (TPSA) is 33.3 Å². The van der Waals surface area contributed by atoms with Gasteiger partial charge in [-0.15, -0.1) is 0 Å². The van der Waals surface area contributed by atoms with Gasteiger partial charge in [0.15, 0.2) is 5.11 Å². The van der Waals surface area contributed by atoms with E-state index in [-0.39, 0.29) is 11.6 Å². The number of aryl methyl sites for hydroxylation is 3. The first-order chi connectivity index (χ1) is 11.7. The van der Waals surface area contributed by atoms with Crippen LogP contribution in [0.2, 0.25) is 0 Å². The monoisotopic (exact) mass is 354 g/mol. The van der Waals surface area contributed by atoms with Gasteiger partial charge in [-0.1, -0.05) is 18.2 Å². The maximum atomic E-state index is 6.16. The van der Waals surface area contributed by atoms with Crippen molar-refractivity contribution >= 4 is 23.0 Å². The number of hydrogen-bond acceptors (Lipinski definition) is 2. The van der Waals surface area contributed by atoms with Gasteiger partial charge < -0.3 is 15.4 Å². The van der Waals surface area contributed by atoms with Gasteiger partial charge in [0.2, 0.25) is 0 Å². The molecule has 3 nitrogen and oxygen atoms in total. The number of hydrogen-bond donors (Lipinski definition) is 2. The Morgan fingerprint density at radius 3 is 2.56 bits per heavy atom. The zero-order chi connectivity index (χ0) is 18.2. The Bertz CT molecular complexity index is 814. The summed E-state index contributed by atoms with van der Waals surface area (Å²) in [6, 6.07) is 12.8. The zero-order valence-corrected chi connectivity index (χ0v) is 16.4. The Hall–Kier alpha value is -2.07. The number of rotatable bonds is 2. The van der Waals surface area contributed by atoms with Crippen LogP contribution in [0.4, 0.5) is 5.69 Å². The summed E-state index contributed by atoms with van der Waals surface area (Å²) in [6.07, 6.45) is 0.859. The number of ether oxygens (including phenoxy) is 1. The van der Waals surface area contributed by atoms with Crippen LogP contribution >= 0.6 is 12.2 Å². The predicted octanol–water partition coefficient (Wildman–Crippen LogP) is 5.20. The largest absolute Gasteiger partial charge is 0.487 e. The fourth-order valence-electron chi connectivity index (χ4n) is 3.23. The molecule has 0 bridgehead atoms. The van der Waals surface area contributed by atoms with Gasteiger partial charge in [0.1, 0.15) is 11.4 Å². The molecule has 25 heavy (non-hydrogen) atoms. The molecule has 1 aliphatic heterocycles. The van der Waals surface area contributed by atoms with E-state index >= 15 is 0 Å². The molecule has 132 valence electrons. The van der Waals surface area contributed by atoms with Gasteiger partial charge in [-0.3, -0.25) is 0 Å². The summed E-state index contributed by atoms with van der Waals surface area (Å²) in [5, 5.41) is 7.42. The van der Waals surface area contributed by atoms with Crippen LogP contribution in [0, 0.1) is 20.8 Å². The minimum atomic E-state index is -0.228. The first-order valence-corrected chi connectivity index (χ1v) is 9.09. The van der Waals surface area contributed by atoms with Crippen LogP contribution in [-0.4, -0.2) is 10.7 Å². The Kier molecular flexibility index (Phi) is 4.74. The summed E-state index contributed by atoms with van der Waals surface area (Å²) in [4.78, 5) is 0.